The molecule has 0 aliphatic rings. The van der Waals surface area contributed by atoms with Crippen molar-refractivity contribution in [2.24, 2.45) is 0 Å². The van der Waals surface area contributed by atoms with Gasteiger partial charge in [0.25, 0.3) is 5.91 Å². The molecule has 0 aliphatic heterocycles. The highest BCUT2D eigenvalue weighted by atomic mass is 32.2. The predicted octanol–water partition coefficient (Wildman–Crippen LogP) is 4.52. The molecule has 0 heterocycles. The molecule has 1 N–H and O–H groups in total. The fourth-order valence-corrected chi connectivity index (χ4v) is 3.52. The van der Waals surface area contributed by atoms with Crippen LogP contribution in [0.1, 0.15) is 35.3 Å². The van der Waals surface area contributed by atoms with Crippen LogP contribution in [0.15, 0.2) is 47.4 Å². The third-order valence-corrected chi connectivity index (χ3v) is 5.33. The number of aryl methyl sites for hydroxylation is 2. The summed E-state index contributed by atoms with van der Waals surface area (Å²) in [6, 6.07) is 13.3. The molecule has 0 fully saturated rings. The van der Waals surface area contributed by atoms with E-state index in [4.69, 9.17) is 0 Å². The molecule has 26 heavy (non-hydrogen) atoms. The third kappa shape index (κ3) is 5.36. The van der Waals surface area contributed by atoms with Gasteiger partial charge in [-0.15, -0.1) is 11.8 Å². The highest BCUT2D eigenvalue weighted by molar-refractivity contribution is 8.00. The number of rotatable bonds is 7. The van der Waals surface area contributed by atoms with E-state index in [9.17, 15) is 9.59 Å². The van der Waals surface area contributed by atoms with Gasteiger partial charge in [-0.25, -0.2) is 0 Å². The Morgan fingerprint density at radius 2 is 1.65 bits per heavy atom. The van der Waals surface area contributed by atoms with Crippen LogP contribution in [0.3, 0.4) is 0 Å². The number of nitrogens with one attached hydrogen (secondary N) is 1. The molecule has 2 rings (SSSR count). The first kappa shape index (κ1) is 20.0. The Labute approximate surface area is 160 Å². The predicted molar refractivity (Wildman–Crippen MR) is 109 cm³/mol. The van der Waals surface area contributed by atoms with E-state index in [1.54, 1.807) is 29.2 Å². The molecular formula is C21H26N2O2S. The van der Waals surface area contributed by atoms with Gasteiger partial charge in [0.1, 0.15) is 0 Å². The van der Waals surface area contributed by atoms with E-state index < -0.39 is 0 Å². The molecule has 2 aromatic carbocycles. The number of carbonyl (C=O) groups excluding carboxylic acids is 2. The number of thioether (sulfide) groups is 1. The number of carbonyl (C=O) groups is 2. The van der Waals surface area contributed by atoms with Crippen molar-refractivity contribution in [2.75, 3.05) is 24.2 Å². The number of hydrogen-bond donors (Lipinski definition) is 1. The van der Waals surface area contributed by atoms with Gasteiger partial charge < -0.3 is 10.2 Å². The SMILES string of the molecule is CCN(CC)C(=O)c1ccc(NC(=O)CSc2cc(C)ccc2C)cc1. The minimum absolute atomic E-state index is 0.0124. The van der Waals surface area contributed by atoms with Crippen LogP contribution >= 0.6 is 11.8 Å². The molecule has 2 aromatic rings. The molecule has 0 spiro atoms. The number of nitrogens with zero attached hydrogens (tertiary/aromatic N) is 1. The van der Waals surface area contributed by atoms with Gasteiger partial charge >= 0.3 is 0 Å². The average molecular weight is 371 g/mol. The molecule has 5 heteroatoms. The number of benzene rings is 2. The van der Waals surface area contributed by atoms with E-state index in [0.717, 1.165) is 4.90 Å². The Morgan fingerprint density at radius 1 is 1.00 bits per heavy atom. The van der Waals surface area contributed by atoms with Crippen LogP contribution in [0.5, 0.6) is 0 Å². The van der Waals surface area contributed by atoms with Gasteiger partial charge in [-0.05, 0) is 63.6 Å². The van der Waals surface area contributed by atoms with Gasteiger partial charge in [-0.1, -0.05) is 17.7 Å². The van der Waals surface area contributed by atoms with Gasteiger partial charge in [-0.3, -0.25) is 9.59 Å². The maximum Gasteiger partial charge on any atom is 0.253 e. The van der Waals surface area contributed by atoms with Crippen LogP contribution < -0.4 is 5.32 Å². The fraction of sp³-hybridized carbons (Fsp3) is 0.333. The van der Waals surface area contributed by atoms with E-state index in [-0.39, 0.29) is 11.8 Å². The van der Waals surface area contributed by atoms with Gasteiger partial charge in [-0.2, -0.15) is 0 Å². The number of hydrogen-bond acceptors (Lipinski definition) is 3. The summed E-state index contributed by atoms with van der Waals surface area (Å²) in [6.45, 7) is 9.38. The normalized spacial score (nSPS) is 10.5. The van der Waals surface area contributed by atoms with Crippen molar-refractivity contribution in [1.29, 1.82) is 0 Å². The Balaban J connectivity index is 1.93. The van der Waals surface area contributed by atoms with Crippen molar-refractivity contribution < 1.29 is 9.59 Å². The zero-order valence-corrected chi connectivity index (χ0v) is 16.7. The van der Waals surface area contributed by atoms with Crippen LogP contribution in [0.4, 0.5) is 5.69 Å². The van der Waals surface area contributed by atoms with Crippen LogP contribution in [0.25, 0.3) is 0 Å². The zero-order valence-electron chi connectivity index (χ0n) is 15.8. The van der Waals surface area contributed by atoms with Crippen molar-refractivity contribution in [2.45, 2.75) is 32.6 Å². The minimum atomic E-state index is -0.0567. The van der Waals surface area contributed by atoms with Gasteiger partial charge in [0.05, 0.1) is 5.75 Å². The Hall–Kier alpha value is -2.27. The lowest BCUT2D eigenvalue weighted by Gasteiger charge is -2.18. The highest BCUT2D eigenvalue weighted by Crippen LogP contribution is 2.23. The van der Waals surface area contributed by atoms with Crippen LogP contribution in [-0.4, -0.2) is 35.6 Å². The summed E-state index contributed by atoms with van der Waals surface area (Å²) in [5.74, 6) is 0.307. The minimum Gasteiger partial charge on any atom is -0.339 e. The molecule has 0 radical (unpaired) electrons. The van der Waals surface area contributed by atoms with Gasteiger partial charge in [0, 0.05) is 29.2 Å². The summed E-state index contributed by atoms with van der Waals surface area (Å²) in [5, 5.41) is 2.88. The van der Waals surface area contributed by atoms with Crippen molar-refractivity contribution in [1.82, 2.24) is 4.90 Å². The molecule has 0 aromatic heterocycles. The van der Waals surface area contributed by atoms with Crippen molar-refractivity contribution in [3.63, 3.8) is 0 Å². The van der Waals surface area contributed by atoms with Crippen LogP contribution in [0.2, 0.25) is 0 Å². The van der Waals surface area contributed by atoms with Crippen molar-refractivity contribution in [3.8, 4) is 0 Å². The van der Waals surface area contributed by atoms with E-state index in [1.165, 1.54) is 22.9 Å². The maximum absolute atomic E-state index is 12.3. The summed E-state index contributed by atoms with van der Waals surface area (Å²) in [5.41, 5.74) is 3.70. The van der Waals surface area contributed by atoms with E-state index in [1.807, 2.05) is 27.7 Å². The lowest BCUT2D eigenvalue weighted by molar-refractivity contribution is -0.113. The smallest absolute Gasteiger partial charge is 0.253 e. The van der Waals surface area contributed by atoms with Gasteiger partial charge in [0.2, 0.25) is 5.91 Å². The molecule has 0 aliphatic carbocycles. The molecular weight excluding hydrogens is 344 g/mol. The Bertz CT molecular complexity index is 768. The largest absolute Gasteiger partial charge is 0.339 e. The molecule has 0 saturated heterocycles. The quantitative estimate of drug-likeness (QED) is 0.729. The molecule has 4 nitrogen and oxygen atoms in total. The van der Waals surface area contributed by atoms with E-state index in [2.05, 4.69) is 23.5 Å². The van der Waals surface area contributed by atoms with Crippen LogP contribution in [-0.2, 0) is 4.79 Å². The lowest BCUT2D eigenvalue weighted by Crippen LogP contribution is -2.30. The molecule has 0 atom stereocenters. The summed E-state index contributed by atoms with van der Waals surface area (Å²) in [6.07, 6.45) is 0. The molecule has 0 unspecified atom stereocenters. The Morgan fingerprint density at radius 3 is 2.27 bits per heavy atom. The highest BCUT2D eigenvalue weighted by Gasteiger charge is 2.12. The second kappa shape index (κ2) is 9.43. The third-order valence-electron chi connectivity index (χ3n) is 4.17. The first-order valence-corrected chi connectivity index (χ1v) is 9.82. The second-order valence-electron chi connectivity index (χ2n) is 6.16. The standard InChI is InChI=1S/C21H26N2O2S/c1-5-23(6-2)21(25)17-9-11-18(12-10-17)22-20(24)14-26-19-13-15(3)7-8-16(19)4/h7-13H,5-6,14H2,1-4H3,(H,22,24). The molecule has 138 valence electrons. The first-order chi connectivity index (χ1) is 12.4. The topological polar surface area (TPSA) is 49.4 Å². The maximum atomic E-state index is 12.3. The average Bonchev–Trinajstić information content (AvgIpc) is 2.64. The summed E-state index contributed by atoms with van der Waals surface area (Å²) in [7, 11) is 0. The van der Waals surface area contributed by atoms with Crippen molar-refractivity contribution in [3.05, 3.63) is 59.2 Å². The number of amides is 2. The molecule has 0 bridgehead atoms. The monoisotopic (exact) mass is 370 g/mol. The molecule has 2 amide bonds. The number of anilines is 1. The summed E-state index contributed by atoms with van der Waals surface area (Å²) in [4.78, 5) is 27.4. The Kier molecular flexibility index (Phi) is 7.27. The van der Waals surface area contributed by atoms with Crippen molar-refractivity contribution >= 4 is 29.3 Å². The molecule has 0 saturated carbocycles. The van der Waals surface area contributed by atoms with Gasteiger partial charge in [0.15, 0.2) is 0 Å². The summed E-state index contributed by atoms with van der Waals surface area (Å²) >= 11 is 1.53. The fourth-order valence-electron chi connectivity index (χ4n) is 2.59. The van der Waals surface area contributed by atoms with Crippen LogP contribution in [0, 0.1) is 13.8 Å². The zero-order chi connectivity index (χ0) is 19.1. The summed E-state index contributed by atoms with van der Waals surface area (Å²) < 4.78 is 0. The second-order valence-corrected chi connectivity index (χ2v) is 7.18. The lowest BCUT2D eigenvalue weighted by atomic mass is 10.2. The first-order valence-electron chi connectivity index (χ1n) is 8.83. The van der Waals surface area contributed by atoms with E-state index >= 15 is 0 Å². The van der Waals surface area contributed by atoms with E-state index in [0.29, 0.717) is 30.1 Å².